The molecule has 0 amide bonds. The molecule has 0 saturated carbocycles. The summed E-state index contributed by atoms with van der Waals surface area (Å²) in [5.41, 5.74) is 6.28. The van der Waals surface area contributed by atoms with Crippen molar-refractivity contribution in [3.05, 3.63) is 18.2 Å². The van der Waals surface area contributed by atoms with Gasteiger partial charge in [-0.2, -0.15) is 11.8 Å². The van der Waals surface area contributed by atoms with Crippen molar-refractivity contribution in [2.24, 2.45) is 12.8 Å². The zero-order chi connectivity index (χ0) is 10.2. The lowest BCUT2D eigenvalue weighted by Gasteiger charge is -2.29. The molecule has 1 aliphatic heterocycles. The van der Waals surface area contributed by atoms with Gasteiger partial charge in [0.2, 0.25) is 0 Å². The summed E-state index contributed by atoms with van der Waals surface area (Å²) >= 11 is 1.98. The third-order valence-electron chi connectivity index (χ3n) is 3.04. The molecule has 0 aromatic carbocycles. The van der Waals surface area contributed by atoms with Gasteiger partial charge in [-0.05, 0) is 25.5 Å². The van der Waals surface area contributed by atoms with E-state index in [1.165, 1.54) is 18.6 Å². The van der Waals surface area contributed by atoms with Crippen molar-refractivity contribution in [2.45, 2.75) is 30.6 Å². The lowest BCUT2D eigenvalue weighted by Crippen LogP contribution is -2.34. The van der Waals surface area contributed by atoms with Gasteiger partial charge in [-0.25, -0.2) is 4.98 Å². The molecule has 0 spiro atoms. The molecule has 2 N–H and O–H groups in total. The van der Waals surface area contributed by atoms with E-state index in [1.54, 1.807) is 0 Å². The van der Waals surface area contributed by atoms with Crippen LogP contribution in [-0.2, 0) is 7.05 Å². The van der Waals surface area contributed by atoms with Gasteiger partial charge in [0.05, 0.1) is 6.04 Å². The summed E-state index contributed by atoms with van der Waals surface area (Å²) in [7, 11) is 2.01. The van der Waals surface area contributed by atoms with E-state index in [2.05, 4.69) is 11.9 Å². The maximum atomic E-state index is 6.28. The first-order valence-corrected chi connectivity index (χ1v) is 5.99. The van der Waals surface area contributed by atoms with Crippen LogP contribution >= 0.6 is 11.8 Å². The van der Waals surface area contributed by atoms with E-state index in [0.717, 1.165) is 5.82 Å². The summed E-state index contributed by atoms with van der Waals surface area (Å²) in [5.74, 6) is 2.23. The molecule has 3 nitrogen and oxygen atoms in total. The van der Waals surface area contributed by atoms with Crippen LogP contribution in [0, 0.1) is 0 Å². The number of imidazole rings is 1. The molecule has 2 unspecified atom stereocenters. The SMILES string of the molecule is Cn1ccnc1C(N)C1(C)CCCS1. The van der Waals surface area contributed by atoms with Crippen molar-refractivity contribution in [2.75, 3.05) is 5.75 Å². The fraction of sp³-hybridized carbons (Fsp3) is 0.700. The van der Waals surface area contributed by atoms with E-state index in [0.29, 0.717) is 0 Å². The standard InChI is InChI=1S/C10H17N3S/c1-10(4-3-7-14-10)8(11)9-12-5-6-13(9)2/h5-6,8H,3-4,7,11H2,1-2H3. The monoisotopic (exact) mass is 211 g/mol. The third-order valence-corrected chi connectivity index (χ3v) is 4.65. The van der Waals surface area contributed by atoms with Gasteiger partial charge in [0.25, 0.3) is 0 Å². The number of hydrogen-bond acceptors (Lipinski definition) is 3. The fourth-order valence-electron chi connectivity index (χ4n) is 2.00. The molecular weight excluding hydrogens is 194 g/mol. The first-order valence-electron chi connectivity index (χ1n) is 5.00. The zero-order valence-corrected chi connectivity index (χ0v) is 9.55. The van der Waals surface area contributed by atoms with Crippen LogP contribution in [-0.4, -0.2) is 20.1 Å². The summed E-state index contributed by atoms with van der Waals surface area (Å²) in [6.07, 6.45) is 6.25. The van der Waals surface area contributed by atoms with Crippen molar-refractivity contribution in [1.82, 2.24) is 9.55 Å². The normalized spacial score (nSPS) is 29.4. The Balaban J connectivity index is 2.23. The number of hydrogen-bond donors (Lipinski definition) is 1. The van der Waals surface area contributed by atoms with E-state index in [-0.39, 0.29) is 10.8 Å². The van der Waals surface area contributed by atoms with Gasteiger partial charge in [-0.1, -0.05) is 0 Å². The molecule has 14 heavy (non-hydrogen) atoms. The Morgan fingerprint density at radius 3 is 3.00 bits per heavy atom. The number of aromatic nitrogens is 2. The lowest BCUT2D eigenvalue weighted by atomic mass is 9.96. The molecule has 0 radical (unpaired) electrons. The Kier molecular flexibility index (Phi) is 2.58. The second kappa shape index (κ2) is 3.59. The Labute approximate surface area is 89.1 Å². The second-order valence-electron chi connectivity index (χ2n) is 4.14. The smallest absolute Gasteiger partial charge is 0.126 e. The molecule has 1 aromatic rings. The van der Waals surface area contributed by atoms with Gasteiger partial charge in [0.15, 0.2) is 0 Å². The molecule has 4 heteroatoms. The summed E-state index contributed by atoms with van der Waals surface area (Å²) in [6, 6.07) is 0.0509. The van der Waals surface area contributed by atoms with Crippen LogP contribution in [0.1, 0.15) is 31.6 Å². The summed E-state index contributed by atoms with van der Waals surface area (Å²) in [4.78, 5) is 4.33. The van der Waals surface area contributed by atoms with E-state index < -0.39 is 0 Å². The molecule has 2 atom stereocenters. The van der Waals surface area contributed by atoms with E-state index >= 15 is 0 Å². The molecule has 78 valence electrons. The number of nitrogens with zero attached hydrogens (tertiary/aromatic N) is 2. The molecule has 0 aliphatic carbocycles. The molecule has 2 rings (SSSR count). The van der Waals surface area contributed by atoms with E-state index in [9.17, 15) is 0 Å². The highest BCUT2D eigenvalue weighted by molar-refractivity contribution is 8.00. The van der Waals surface area contributed by atoms with Crippen molar-refractivity contribution in [3.8, 4) is 0 Å². The predicted octanol–water partition coefficient (Wildman–Crippen LogP) is 1.71. The number of rotatable bonds is 2. The molecule has 2 heterocycles. The first-order chi connectivity index (χ1) is 6.63. The quantitative estimate of drug-likeness (QED) is 0.810. The number of nitrogens with two attached hydrogens (primary N) is 1. The topological polar surface area (TPSA) is 43.8 Å². The first kappa shape index (κ1) is 10.1. The van der Waals surface area contributed by atoms with Gasteiger partial charge in [0.1, 0.15) is 5.82 Å². The predicted molar refractivity (Wildman–Crippen MR) is 60.2 cm³/mol. The second-order valence-corrected chi connectivity index (χ2v) is 5.77. The van der Waals surface area contributed by atoms with Gasteiger partial charge >= 0.3 is 0 Å². The van der Waals surface area contributed by atoms with Crippen molar-refractivity contribution >= 4 is 11.8 Å². The number of thioether (sulfide) groups is 1. The summed E-state index contributed by atoms with van der Waals surface area (Å²) < 4.78 is 2.20. The van der Waals surface area contributed by atoms with Crippen LogP contribution in [0.4, 0.5) is 0 Å². The highest BCUT2D eigenvalue weighted by Gasteiger charge is 2.38. The highest BCUT2D eigenvalue weighted by atomic mass is 32.2. The summed E-state index contributed by atoms with van der Waals surface area (Å²) in [6.45, 7) is 2.25. The Morgan fingerprint density at radius 1 is 1.71 bits per heavy atom. The number of aryl methyl sites for hydroxylation is 1. The minimum absolute atomic E-state index is 0.0509. The van der Waals surface area contributed by atoms with E-state index in [1.807, 2.05) is 35.8 Å². The zero-order valence-electron chi connectivity index (χ0n) is 8.73. The largest absolute Gasteiger partial charge is 0.337 e. The Morgan fingerprint density at radius 2 is 2.50 bits per heavy atom. The van der Waals surface area contributed by atoms with Crippen LogP contribution < -0.4 is 5.73 Å². The third kappa shape index (κ3) is 1.57. The van der Waals surface area contributed by atoms with Crippen LogP contribution in [0.25, 0.3) is 0 Å². The van der Waals surface area contributed by atoms with Gasteiger partial charge in [-0.15, -0.1) is 0 Å². The van der Waals surface area contributed by atoms with Crippen molar-refractivity contribution in [3.63, 3.8) is 0 Å². The van der Waals surface area contributed by atoms with Crippen molar-refractivity contribution in [1.29, 1.82) is 0 Å². The van der Waals surface area contributed by atoms with Crippen molar-refractivity contribution < 1.29 is 0 Å². The highest BCUT2D eigenvalue weighted by Crippen LogP contribution is 2.44. The summed E-state index contributed by atoms with van der Waals surface area (Å²) in [5, 5.41) is 0. The van der Waals surface area contributed by atoms with Crippen LogP contribution in [0.5, 0.6) is 0 Å². The molecule has 1 fully saturated rings. The van der Waals surface area contributed by atoms with Crippen LogP contribution in [0.2, 0.25) is 0 Å². The van der Waals surface area contributed by atoms with Gasteiger partial charge in [-0.3, -0.25) is 0 Å². The van der Waals surface area contributed by atoms with Gasteiger partial charge < -0.3 is 10.3 Å². The fourth-order valence-corrected chi connectivity index (χ4v) is 3.32. The molecule has 0 bridgehead atoms. The Bertz CT molecular complexity index is 315. The van der Waals surface area contributed by atoms with Crippen LogP contribution in [0.3, 0.4) is 0 Å². The molecule has 1 saturated heterocycles. The maximum absolute atomic E-state index is 6.28. The maximum Gasteiger partial charge on any atom is 0.126 e. The average molecular weight is 211 g/mol. The molecular formula is C10H17N3S. The van der Waals surface area contributed by atoms with Gasteiger partial charge in [0, 0.05) is 24.2 Å². The minimum Gasteiger partial charge on any atom is -0.337 e. The average Bonchev–Trinajstić information content (AvgIpc) is 2.74. The van der Waals surface area contributed by atoms with Crippen LogP contribution in [0.15, 0.2) is 12.4 Å². The minimum atomic E-state index is 0.0509. The Hall–Kier alpha value is -0.480. The lowest BCUT2D eigenvalue weighted by molar-refractivity contribution is 0.471. The van der Waals surface area contributed by atoms with E-state index in [4.69, 9.17) is 5.73 Å². The molecule has 1 aromatic heterocycles. The molecule has 1 aliphatic rings.